The molecule has 1 aromatic carbocycles. The number of fused-ring (bicyclic) bond motifs is 1. The summed E-state index contributed by atoms with van der Waals surface area (Å²) in [5.41, 5.74) is 2.35. The molecule has 3 fully saturated rings. The van der Waals surface area contributed by atoms with E-state index in [0.29, 0.717) is 25.4 Å². The van der Waals surface area contributed by atoms with Gasteiger partial charge in [-0.25, -0.2) is 0 Å². The van der Waals surface area contributed by atoms with E-state index in [-0.39, 0.29) is 17.4 Å². The van der Waals surface area contributed by atoms with Crippen LogP contribution in [0.5, 0.6) is 0 Å². The van der Waals surface area contributed by atoms with Gasteiger partial charge in [0.15, 0.2) is 0 Å². The summed E-state index contributed by atoms with van der Waals surface area (Å²) in [4.78, 5) is 33.2. The van der Waals surface area contributed by atoms with Gasteiger partial charge in [0.1, 0.15) is 0 Å². The second-order valence-corrected chi connectivity index (χ2v) is 9.83. The number of piperidine rings is 2. The highest BCUT2D eigenvalue weighted by molar-refractivity contribution is 5.84. The standard InChI is InChI=1S/C26H35N3O3/c30-24(8-7-21-19-27-23-6-2-1-5-22(21)23)28-14-9-20(10-15-28)25(31)29-16-12-26(13-17-29)11-3-4-18-32-26/h1-2,5-6,19-20,27H,3-4,7-18H2. The molecule has 6 heteroatoms. The summed E-state index contributed by atoms with van der Waals surface area (Å²) >= 11 is 0. The zero-order chi connectivity index (χ0) is 22.0. The lowest BCUT2D eigenvalue weighted by molar-refractivity contribution is -0.149. The Balaban J connectivity index is 1.08. The van der Waals surface area contributed by atoms with Gasteiger partial charge in [0.2, 0.25) is 11.8 Å². The van der Waals surface area contributed by atoms with Crippen LogP contribution in [0.25, 0.3) is 10.9 Å². The fraction of sp³-hybridized carbons (Fsp3) is 0.615. The Kier molecular flexibility index (Phi) is 6.22. The lowest BCUT2D eigenvalue weighted by Gasteiger charge is -2.45. The summed E-state index contributed by atoms with van der Waals surface area (Å²) in [5.74, 6) is 0.561. The maximum absolute atomic E-state index is 13.1. The molecule has 0 unspecified atom stereocenters. The van der Waals surface area contributed by atoms with Crippen LogP contribution < -0.4 is 0 Å². The highest BCUT2D eigenvalue weighted by Gasteiger charge is 2.39. The molecule has 3 aliphatic heterocycles. The molecule has 6 nitrogen and oxygen atoms in total. The van der Waals surface area contributed by atoms with Gasteiger partial charge in [-0.2, -0.15) is 0 Å². The third-order valence-corrected chi connectivity index (χ3v) is 7.90. The predicted octanol–water partition coefficient (Wildman–Crippen LogP) is 3.90. The van der Waals surface area contributed by atoms with Crippen molar-refractivity contribution in [2.45, 2.75) is 63.4 Å². The molecule has 0 saturated carbocycles. The van der Waals surface area contributed by atoms with Crippen LogP contribution in [-0.2, 0) is 20.7 Å². The molecule has 1 N–H and O–H groups in total. The number of hydrogen-bond donors (Lipinski definition) is 1. The highest BCUT2D eigenvalue weighted by Crippen LogP contribution is 2.35. The Morgan fingerprint density at radius 3 is 2.53 bits per heavy atom. The van der Waals surface area contributed by atoms with Gasteiger partial charge >= 0.3 is 0 Å². The minimum Gasteiger partial charge on any atom is -0.375 e. The molecule has 172 valence electrons. The first kappa shape index (κ1) is 21.5. The highest BCUT2D eigenvalue weighted by atomic mass is 16.5. The van der Waals surface area contributed by atoms with Crippen molar-refractivity contribution in [2.24, 2.45) is 5.92 Å². The molecule has 0 bridgehead atoms. The molecule has 5 rings (SSSR count). The van der Waals surface area contributed by atoms with Crippen molar-refractivity contribution < 1.29 is 14.3 Å². The summed E-state index contributed by atoms with van der Waals surface area (Å²) in [6, 6.07) is 8.22. The summed E-state index contributed by atoms with van der Waals surface area (Å²) in [6.07, 6.45) is 10.4. The van der Waals surface area contributed by atoms with E-state index in [4.69, 9.17) is 4.74 Å². The minimum atomic E-state index is 0.0373. The van der Waals surface area contributed by atoms with Crippen LogP contribution in [-0.4, -0.2) is 65.0 Å². The first-order valence-corrected chi connectivity index (χ1v) is 12.4. The number of nitrogens with one attached hydrogen (secondary N) is 1. The number of aromatic nitrogens is 1. The molecule has 1 aromatic heterocycles. The Morgan fingerprint density at radius 2 is 1.78 bits per heavy atom. The number of likely N-dealkylation sites (tertiary alicyclic amines) is 2. The quantitative estimate of drug-likeness (QED) is 0.789. The van der Waals surface area contributed by atoms with Gasteiger partial charge in [0.25, 0.3) is 0 Å². The normalized spacial score (nSPS) is 21.9. The summed E-state index contributed by atoms with van der Waals surface area (Å²) < 4.78 is 6.11. The van der Waals surface area contributed by atoms with E-state index in [1.54, 1.807) is 0 Å². The molecular weight excluding hydrogens is 402 g/mol. The fourth-order valence-corrected chi connectivity index (χ4v) is 5.81. The number of rotatable bonds is 4. The average Bonchev–Trinajstić information content (AvgIpc) is 3.26. The van der Waals surface area contributed by atoms with Crippen LogP contribution in [0, 0.1) is 5.92 Å². The van der Waals surface area contributed by atoms with Crippen LogP contribution in [0.3, 0.4) is 0 Å². The lowest BCUT2D eigenvalue weighted by Crippen LogP contribution is -2.51. The smallest absolute Gasteiger partial charge is 0.225 e. The van der Waals surface area contributed by atoms with Crippen molar-refractivity contribution in [3.8, 4) is 0 Å². The van der Waals surface area contributed by atoms with Crippen LogP contribution in [0.1, 0.15) is 56.9 Å². The molecule has 3 aliphatic rings. The first-order chi connectivity index (χ1) is 15.6. The molecule has 3 saturated heterocycles. The van der Waals surface area contributed by atoms with Crippen LogP contribution in [0.2, 0.25) is 0 Å². The summed E-state index contributed by atoms with van der Waals surface area (Å²) in [5, 5.41) is 1.20. The van der Waals surface area contributed by atoms with Gasteiger partial charge in [-0.05, 0) is 63.0 Å². The predicted molar refractivity (Wildman–Crippen MR) is 124 cm³/mol. The lowest BCUT2D eigenvalue weighted by atomic mass is 9.84. The molecule has 0 aliphatic carbocycles. The van der Waals surface area contributed by atoms with Crippen molar-refractivity contribution in [1.29, 1.82) is 0 Å². The third-order valence-electron chi connectivity index (χ3n) is 7.90. The van der Waals surface area contributed by atoms with Gasteiger partial charge < -0.3 is 19.5 Å². The van der Waals surface area contributed by atoms with E-state index >= 15 is 0 Å². The van der Waals surface area contributed by atoms with E-state index in [0.717, 1.165) is 63.7 Å². The number of aromatic amines is 1. The number of ether oxygens (including phenoxy) is 1. The molecule has 0 atom stereocenters. The van der Waals surface area contributed by atoms with Gasteiger partial charge in [-0.1, -0.05) is 18.2 Å². The second-order valence-electron chi connectivity index (χ2n) is 9.83. The number of nitrogens with zero attached hydrogens (tertiary/aromatic N) is 2. The maximum Gasteiger partial charge on any atom is 0.225 e. The number of amides is 2. The average molecular weight is 438 g/mol. The summed E-state index contributed by atoms with van der Waals surface area (Å²) in [6.45, 7) is 3.92. The summed E-state index contributed by atoms with van der Waals surface area (Å²) in [7, 11) is 0. The van der Waals surface area contributed by atoms with Gasteiger partial charge in [0, 0.05) is 62.2 Å². The number of para-hydroxylation sites is 1. The monoisotopic (exact) mass is 437 g/mol. The number of benzene rings is 1. The second kappa shape index (κ2) is 9.26. The molecule has 0 radical (unpaired) electrons. The number of carbonyl (C=O) groups excluding carboxylic acids is 2. The van der Waals surface area contributed by atoms with Crippen LogP contribution in [0.15, 0.2) is 30.5 Å². The first-order valence-electron chi connectivity index (χ1n) is 12.4. The molecular formula is C26H35N3O3. The van der Waals surface area contributed by atoms with Crippen LogP contribution in [0.4, 0.5) is 0 Å². The number of carbonyl (C=O) groups is 2. The van der Waals surface area contributed by atoms with E-state index in [9.17, 15) is 9.59 Å². The Bertz CT molecular complexity index is 944. The van der Waals surface area contributed by atoms with Crippen molar-refractivity contribution >= 4 is 22.7 Å². The van der Waals surface area contributed by atoms with Gasteiger partial charge in [-0.3, -0.25) is 9.59 Å². The largest absolute Gasteiger partial charge is 0.375 e. The van der Waals surface area contributed by atoms with Crippen molar-refractivity contribution in [1.82, 2.24) is 14.8 Å². The SMILES string of the molecule is O=C(CCc1c[nH]c2ccccc12)N1CCC(C(=O)N2CCC3(CCCCO3)CC2)CC1. The Labute approximate surface area is 190 Å². The van der Waals surface area contributed by atoms with E-state index < -0.39 is 0 Å². The molecule has 4 heterocycles. The molecule has 2 aromatic rings. The van der Waals surface area contributed by atoms with Crippen molar-refractivity contribution in [3.05, 3.63) is 36.0 Å². The third kappa shape index (κ3) is 4.42. The van der Waals surface area contributed by atoms with E-state index in [2.05, 4.69) is 22.0 Å². The Hall–Kier alpha value is -2.34. The number of hydrogen-bond acceptors (Lipinski definition) is 3. The van der Waals surface area contributed by atoms with Crippen molar-refractivity contribution in [3.63, 3.8) is 0 Å². The van der Waals surface area contributed by atoms with E-state index in [1.807, 2.05) is 23.2 Å². The zero-order valence-electron chi connectivity index (χ0n) is 19.0. The molecule has 1 spiro atoms. The van der Waals surface area contributed by atoms with Crippen LogP contribution >= 0.6 is 0 Å². The molecule has 32 heavy (non-hydrogen) atoms. The van der Waals surface area contributed by atoms with Gasteiger partial charge in [-0.15, -0.1) is 0 Å². The van der Waals surface area contributed by atoms with Gasteiger partial charge in [0.05, 0.1) is 5.60 Å². The minimum absolute atomic E-state index is 0.0373. The topological polar surface area (TPSA) is 65.6 Å². The van der Waals surface area contributed by atoms with Crippen molar-refractivity contribution in [2.75, 3.05) is 32.8 Å². The number of H-pyrrole nitrogens is 1. The molecule has 2 amide bonds. The van der Waals surface area contributed by atoms with E-state index in [1.165, 1.54) is 23.8 Å². The fourth-order valence-electron chi connectivity index (χ4n) is 5.81. The Morgan fingerprint density at radius 1 is 1.00 bits per heavy atom. The number of aryl methyl sites for hydroxylation is 1. The maximum atomic E-state index is 13.1. The zero-order valence-corrected chi connectivity index (χ0v) is 19.0.